The maximum Gasteiger partial charge on any atom is 0.307 e. The van der Waals surface area contributed by atoms with Gasteiger partial charge in [-0.05, 0) is 39.8 Å². The maximum atomic E-state index is 11.5. The molecule has 0 aromatic carbocycles. The lowest BCUT2D eigenvalue weighted by atomic mass is 10.0. The standard InChI is InChI=1S/C13H25N3O3/c1-3-19-13(18)8-10(2)16(9-12(14)17)11-4-6-15-7-5-11/h10-11,15H,3-9H2,1-2H3,(H2,14,17). The smallest absolute Gasteiger partial charge is 0.307 e. The number of carbonyl (C=O) groups excluding carboxylic acids is 2. The van der Waals surface area contributed by atoms with Crippen LogP contribution < -0.4 is 11.1 Å². The fraction of sp³-hybridized carbons (Fsp3) is 0.846. The van der Waals surface area contributed by atoms with Gasteiger partial charge in [-0.25, -0.2) is 0 Å². The molecule has 1 aliphatic heterocycles. The first-order valence-electron chi connectivity index (χ1n) is 6.95. The molecule has 1 saturated heterocycles. The number of esters is 1. The number of carbonyl (C=O) groups is 2. The number of primary amides is 1. The average Bonchev–Trinajstić information content (AvgIpc) is 2.37. The van der Waals surface area contributed by atoms with Gasteiger partial charge in [-0.1, -0.05) is 0 Å². The zero-order valence-corrected chi connectivity index (χ0v) is 11.9. The number of piperidine rings is 1. The molecular weight excluding hydrogens is 246 g/mol. The van der Waals surface area contributed by atoms with Crippen molar-refractivity contribution in [1.29, 1.82) is 0 Å². The van der Waals surface area contributed by atoms with E-state index >= 15 is 0 Å². The molecule has 0 spiro atoms. The lowest BCUT2D eigenvalue weighted by Crippen LogP contribution is -2.50. The van der Waals surface area contributed by atoms with Gasteiger partial charge in [0.2, 0.25) is 5.91 Å². The van der Waals surface area contributed by atoms with E-state index < -0.39 is 0 Å². The minimum atomic E-state index is -0.353. The molecule has 3 N–H and O–H groups in total. The fourth-order valence-electron chi connectivity index (χ4n) is 2.54. The lowest BCUT2D eigenvalue weighted by molar-refractivity contribution is -0.145. The minimum absolute atomic E-state index is 0.0327. The zero-order chi connectivity index (χ0) is 14.3. The van der Waals surface area contributed by atoms with Crippen LogP contribution in [0.1, 0.15) is 33.1 Å². The Balaban J connectivity index is 2.60. The molecule has 1 fully saturated rings. The van der Waals surface area contributed by atoms with Gasteiger partial charge in [0.25, 0.3) is 0 Å². The molecule has 0 saturated carbocycles. The van der Waals surface area contributed by atoms with E-state index in [4.69, 9.17) is 10.5 Å². The van der Waals surface area contributed by atoms with Gasteiger partial charge in [0.1, 0.15) is 0 Å². The molecule has 1 rings (SSSR count). The van der Waals surface area contributed by atoms with Crippen LogP contribution in [0.3, 0.4) is 0 Å². The molecule has 0 aliphatic carbocycles. The highest BCUT2D eigenvalue weighted by Gasteiger charge is 2.27. The van der Waals surface area contributed by atoms with Crippen LogP contribution >= 0.6 is 0 Å². The van der Waals surface area contributed by atoms with E-state index in [-0.39, 0.29) is 24.5 Å². The Kier molecular flexibility index (Phi) is 6.80. The predicted molar refractivity (Wildman–Crippen MR) is 72.5 cm³/mol. The topological polar surface area (TPSA) is 84.7 Å². The summed E-state index contributed by atoms with van der Waals surface area (Å²) >= 11 is 0. The third-order valence-electron chi connectivity index (χ3n) is 3.45. The molecule has 0 radical (unpaired) electrons. The predicted octanol–water partition coefficient (Wildman–Crippen LogP) is -0.133. The molecule has 1 aliphatic rings. The summed E-state index contributed by atoms with van der Waals surface area (Å²) in [5.74, 6) is -0.576. The molecule has 6 heteroatoms. The van der Waals surface area contributed by atoms with Crippen molar-refractivity contribution < 1.29 is 14.3 Å². The van der Waals surface area contributed by atoms with Crippen molar-refractivity contribution in [3.05, 3.63) is 0 Å². The molecule has 19 heavy (non-hydrogen) atoms. The summed E-state index contributed by atoms with van der Waals surface area (Å²) in [4.78, 5) is 24.8. The Hall–Kier alpha value is -1.14. The SMILES string of the molecule is CCOC(=O)CC(C)N(CC(N)=O)C1CCNCC1. The molecule has 0 aromatic heterocycles. The van der Waals surface area contributed by atoms with Crippen molar-refractivity contribution in [3.63, 3.8) is 0 Å². The normalized spacial score (nSPS) is 18.3. The van der Waals surface area contributed by atoms with Gasteiger partial charge in [0, 0.05) is 12.1 Å². The summed E-state index contributed by atoms with van der Waals surface area (Å²) in [6, 6.07) is 0.271. The van der Waals surface area contributed by atoms with Crippen LogP contribution in [0.4, 0.5) is 0 Å². The average molecular weight is 271 g/mol. The second kappa shape index (κ2) is 8.12. The summed E-state index contributed by atoms with van der Waals surface area (Å²) < 4.78 is 4.96. The van der Waals surface area contributed by atoms with Gasteiger partial charge in [-0.3, -0.25) is 14.5 Å². The van der Waals surface area contributed by atoms with E-state index in [1.807, 2.05) is 11.8 Å². The Labute approximate surface area is 114 Å². The third-order valence-corrected chi connectivity index (χ3v) is 3.45. The van der Waals surface area contributed by atoms with Crippen LogP contribution in [-0.2, 0) is 14.3 Å². The van der Waals surface area contributed by atoms with Crippen molar-refractivity contribution in [2.75, 3.05) is 26.2 Å². The van der Waals surface area contributed by atoms with Gasteiger partial charge >= 0.3 is 5.97 Å². The highest BCUT2D eigenvalue weighted by Crippen LogP contribution is 2.17. The van der Waals surface area contributed by atoms with Gasteiger partial charge in [0.15, 0.2) is 0 Å². The van der Waals surface area contributed by atoms with Crippen LogP contribution in [-0.4, -0.2) is 55.1 Å². The molecule has 1 heterocycles. The van der Waals surface area contributed by atoms with E-state index in [9.17, 15) is 9.59 Å². The Morgan fingerprint density at radius 1 is 1.42 bits per heavy atom. The highest BCUT2D eigenvalue weighted by molar-refractivity contribution is 5.76. The first-order chi connectivity index (χ1) is 9.04. The highest BCUT2D eigenvalue weighted by atomic mass is 16.5. The molecule has 0 bridgehead atoms. The number of nitrogens with one attached hydrogen (secondary N) is 1. The van der Waals surface area contributed by atoms with Crippen molar-refractivity contribution in [2.24, 2.45) is 5.73 Å². The Bertz CT molecular complexity index is 304. The van der Waals surface area contributed by atoms with Gasteiger partial charge in [-0.15, -0.1) is 0 Å². The van der Waals surface area contributed by atoms with E-state index in [0.29, 0.717) is 19.1 Å². The summed E-state index contributed by atoms with van der Waals surface area (Å²) in [7, 11) is 0. The van der Waals surface area contributed by atoms with Gasteiger partial charge in [-0.2, -0.15) is 0 Å². The number of ether oxygens (including phenoxy) is 1. The second-order valence-electron chi connectivity index (χ2n) is 4.98. The first kappa shape index (κ1) is 15.9. The van der Waals surface area contributed by atoms with Gasteiger partial charge in [0.05, 0.1) is 19.6 Å². The summed E-state index contributed by atoms with van der Waals surface area (Å²) in [5.41, 5.74) is 5.31. The minimum Gasteiger partial charge on any atom is -0.466 e. The van der Waals surface area contributed by atoms with Crippen LogP contribution in [0.5, 0.6) is 0 Å². The summed E-state index contributed by atoms with van der Waals surface area (Å²) in [6.07, 6.45) is 2.24. The largest absolute Gasteiger partial charge is 0.466 e. The van der Waals surface area contributed by atoms with Crippen LogP contribution in [0.2, 0.25) is 0 Å². The number of nitrogens with two attached hydrogens (primary N) is 1. The maximum absolute atomic E-state index is 11.5. The Morgan fingerprint density at radius 3 is 2.58 bits per heavy atom. The van der Waals surface area contributed by atoms with Crippen LogP contribution in [0.15, 0.2) is 0 Å². The molecule has 1 atom stereocenters. The van der Waals surface area contributed by atoms with E-state index in [0.717, 1.165) is 25.9 Å². The lowest BCUT2D eigenvalue weighted by Gasteiger charge is -2.37. The van der Waals surface area contributed by atoms with Crippen LogP contribution in [0.25, 0.3) is 0 Å². The molecule has 1 unspecified atom stereocenters. The van der Waals surface area contributed by atoms with Crippen molar-refractivity contribution in [3.8, 4) is 0 Å². The van der Waals surface area contributed by atoms with E-state index in [1.54, 1.807) is 6.92 Å². The summed E-state index contributed by atoms with van der Waals surface area (Å²) in [6.45, 7) is 6.19. The summed E-state index contributed by atoms with van der Waals surface area (Å²) in [5, 5.41) is 3.29. The third kappa shape index (κ3) is 5.57. The van der Waals surface area contributed by atoms with Crippen LogP contribution in [0, 0.1) is 0 Å². The van der Waals surface area contributed by atoms with Crippen molar-refractivity contribution >= 4 is 11.9 Å². The Morgan fingerprint density at radius 2 is 2.05 bits per heavy atom. The van der Waals surface area contributed by atoms with Gasteiger partial charge < -0.3 is 15.8 Å². The molecule has 1 amide bonds. The van der Waals surface area contributed by atoms with E-state index in [1.165, 1.54) is 0 Å². The zero-order valence-electron chi connectivity index (χ0n) is 11.9. The number of hydrogen-bond acceptors (Lipinski definition) is 5. The van der Waals surface area contributed by atoms with E-state index in [2.05, 4.69) is 5.32 Å². The monoisotopic (exact) mass is 271 g/mol. The number of nitrogens with zero attached hydrogens (tertiary/aromatic N) is 1. The molecule has 110 valence electrons. The van der Waals surface area contributed by atoms with Crippen molar-refractivity contribution in [1.82, 2.24) is 10.2 Å². The quantitative estimate of drug-likeness (QED) is 0.630. The molecule has 6 nitrogen and oxygen atoms in total. The molecular formula is C13H25N3O3. The fourth-order valence-corrected chi connectivity index (χ4v) is 2.54. The number of rotatable bonds is 7. The second-order valence-corrected chi connectivity index (χ2v) is 4.98. The first-order valence-corrected chi connectivity index (χ1v) is 6.95. The molecule has 0 aromatic rings. The van der Waals surface area contributed by atoms with Crippen molar-refractivity contribution in [2.45, 2.75) is 45.2 Å². The number of amides is 1. The number of hydrogen-bond donors (Lipinski definition) is 2.